The van der Waals surface area contributed by atoms with Crippen molar-refractivity contribution in [3.05, 3.63) is 57.6 Å². The molecule has 2 aromatic carbocycles. The number of nitrogens with zero attached hydrogens (tertiary/aromatic N) is 5. The Morgan fingerprint density at radius 2 is 0.842 bits per heavy atom. The molecule has 22 nitrogen and oxygen atoms in total. The number of hydrogen-bond acceptors (Lipinski definition) is 17. The molecule has 2 aliphatic heterocycles. The van der Waals surface area contributed by atoms with Crippen LogP contribution in [-0.2, 0) is 38.0 Å². The summed E-state index contributed by atoms with van der Waals surface area (Å²) in [5, 5.41) is 17.1. The van der Waals surface area contributed by atoms with E-state index in [4.69, 9.17) is 34.2 Å². The number of rotatable bonds is 13. The van der Waals surface area contributed by atoms with Crippen LogP contribution in [0.15, 0.2) is 36.4 Å². The molecule has 2 aromatic rings. The smallest absolute Gasteiger partial charge is 0.410 e. The molecule has 0 aliphatic carbocycles. The van der Waals surface area contributed by atoms with Crippen molar-refractivity contribution in [3.63, 3.8) is 0 Å². The van der Waals surface area contributed by atoms with E-state index >= 15 is 0 Å². The van der Waals surface area contributed by atoms with Gasteiger partial charge in [0.25, 0.3) is 17.5 Å². The van der Waals surface area contributed by atoms with Crippen molar-refractivity contribution >= 4 is 58.7 Å². The Hall–Kier alpha value is -6.42. The van der Waals surface area contributed by atoms with Crippen molar-refractivity contribution in [3.8, 4) is 0 Å². The van der Waals surface area contributed by atoms with Crippen LogP contribution in [0.3, 0.4) is 0 Å². The number of anilines is 3. The molecule has 4 amide bonds. The third-order valence-electron chi connectivity index (χ3n) is 10.7. The molecule has 76 heavy (non-hydrogen) atoms. The van der Waals surface area contributed by atoms with Gasteiger partial charge in [-0.1, -0.05) is 0 Å². The fourth-order valence-electron chi connectivity index (χ4n) is 7.17. The number of nitro benzene ring substituents is 1. The lowest BCUT2D eigenvalue weighted by atomic mass is 10.1. The third kappa shape index (κ3) is 22.4. The average Bonchev–Trinajstić information content (AvgIpc) is 3.26. The zero-order valence-corrected chi connectivity index (χ0v) is 48.2. The Balaban J connectivity index is 0.000000401. The number of carbonyl (C=O) groups is 6. The number of hydrogen-bond donors (Lipinski definition) is 3. The van der Waals surface area contributed by atoms with Gasteiger partial charge in [0.2, 0.25) is 0 Å². The summed E-state index contributed by atoms with van der Waals surface area (Å²) in [6.07, 6.45) is -0.744. The van der Waals surface area contributed by atoms with E-state index in [1.54, 1.807) is 111 Å². The SMILES string of the molecule is CC(C)(C)OCC(NC(=O)c1cc(N2CCN(C(=O)OC(C)(C)C)CC2)ccc1N)C(=O)OC(C)(C)C.CC(C)(C)OCC(NC(=O)c1cc(N2CCN(C(=O)OC(C)(C)C)CC2)ccc1[N+](=O)[O-])C(=O)OC(C)(C)C. The number of benzene rings is 2. The molecule has 2 aliphatic rings. The molecule has 0 bridgehead atoms. The first-order valence-electron chi connectivity index (χ1n) is 25.6. The first-order chi connectivity index (χ1) is 34.6. The fourth-order valence-corrected chi connectivity index (χ4v) is 7.17. The van der Waals surface area contributed by atoms with Crippen molar-refractivity contribution in [2.24, 2.45) is 0 Å². The first-order valence-corrected chi connectivity index (χ1v) is 25.6. The van der Waals surface area contributed by atoms with Crippen molar-refractivity contribution < 1.29 is 62.1 Å². The zero-order chi connectivity index (χ0) is 57.9. The highest BCUT2D eigenvalue weighted by atomic mass is 16.6. The number of nitrogens with one attached hydrogen (secondary N) is 2. The molecule has 4 N–H and O–H groups in total. The standard InChI is InChI=1S/C27H42N4O8.C27H44N4O6/c1-25(2,3)37-17-20(23(33)38-26(4,5)6)28-22(32)19-16-18(10-11-21(19)31(35)36)29-12-14-30(15-13-29)24(34)39-27(7,8)9;1-25(2,3)35-17-21(23(33)36-26(4,5)6)29-22(32)19-16-18(10-11-20(19)28)30-12-14-31(15-13-30)24(34)37-27(7,8)9/h10-11,16,20H,12-15,17H2,1-9H3,(H,28,32);10-11,16,21H,12-15,17,28H2,1-9H3,(H,29,32). The molecule has 426 valence electrons. The maximum absolute atomic E-state index is 13.3. The van der Waals surface area contributed by atoms with Crippen LogP contribution in [0.1, 0.15) is 145 Å². The molecule has 22 heteroatoms. The molecule has 4 rings (SSSR count). The zero-order valence-electron chi connectivity index (χ0n) is 48.2. The predicted molar refractivity (Wildman–Crippen MR) is 290 cm³/mol. The molecule has 0 spiro atoms. The van der Waals surface area contributed by atoms with Gasteiger partial charge in [0.15, 0.2) is 12.1 Å². The number of piperazine rings is 2. The number of nitrogens with two attached hydrogens (primary N) is 1. The summed E-state index contributed by atoms with van der Waals surface area (Å²) in [4.78, 5) is 95.4. The molecule has 2 fully saturated rings. The van der Waals surface area contributed by atoms with E-state index in [-0.39, 0.29) is 36.1 Å². The van der Waals surface area contributed by atoms with Gasteiger partial charge in [0.1, 0.15) is 28.0 Å². The minimum absolute atomic E-state index is 0.0453. The van der Waals surface area contributed by atoms with Gasteiger partial charge in [-0.2, -0.15) is 0 Å². The monoisotopic (exact) mass is 1070 g/mol. The first kappa shape index (κ1) is 63.9. The second-order valence-corrected chi connectivity index (χ2v) is 24.6. The Labute approximate surface area is 449 Å². The lowest BCUT2D eigenvalue weighted by molar-refractivity contribution is -0.385. The highest BCUT2D eigenvalue weighted by molar-refractivity contribution is 6.02. The van der Waals surface area contributed by atoms with Crippen LogP contribution in [0.2, 0.25) is 0 Å². The summed E-state index contributed by atoms with van der Waals surface area (Å²) in [7, 11) is 0. The maximum atomic E-state index is 13.3. The number of esters is 2. The van der Waals surface area contributed by atoms with Crippen molar-refractivity contribution in [1.29, 1.82) is 0 Å². The maximum Gasteiger partial charge on any atom is 0.410 e. The van der Waals surface area contributed by atoms with Crippen LogP contribution in [0.25, 0.3) is 0 Å². The Morgan fingerprint density at radius 3 is 1.17 bits per heavy atom. The summed E-state index contributed by atoms with van der Waals surface area (Å²) in [6.45, 7) is 35.9. The normalized spacial score (nSPS) is 15.6. The topological polar surface area (TPSA) is 264 Å². The quantitative estimate of drug-likeness (QED) is 0.0577. The minimum Gasteiger partial charge on any atom is -0.458 e. The molecular weight excluding hydrogens is 985 g/mol. The number of nitro groups is 1. The molecule has 0 aromatic heterocycles. The van der Waals surface area contributed by atoms with E-state index in [1.165, 1.54) is 12.1 Å². The van der Waals surface area contributed by atoms with Crippen LogP contribution < -0.4 is 26.2 Å². The van der Waals surface area contributed by atoms with E-state index in [0.717, 1.165) is 5.69 Å². The molecular formula is C54H86N8O14. The summed E-state index contributed by atoms with van der Waals surface area (Å²) in [5.41, 5.74) is 3.65. The number of amides is 4. The van der Waals surface area contributed by atoms with Crippen molar-refractivity contribution in [2.45, 2.75) is 170 Å². The van der Waals surface area contributed by atoms with Gasteiger partial charge in [-0.05, 0) is 155 Å². The van der Waals surface area contributed by atoms with E-state index < -0.39 is 86.1 Å². The van der Waals surface area contributed by atoms with Gasteiger partial charge >= 0.3 is 24.1 Å². The molecule has 2 heterocycles. The summed E-state index contributed by atoms with van der Waals surface area (Å²) in [5.74, 6) is -2.60. The van der Waals surface area contributed by atoms with Crippen molar-refractivity contribution in [1.82, 2.24) is 20.4 Å². The van der Waals surface area contributed by atoms with Gasteiger partial charge in [0, 0.05) is 75.5 Å². The second kappa shape index (κ2) is 25.6. The molecule has 2 saturated heterocycles. The molecule has 0 saturated carbocycles. The highest BCUT2D eigenvalue weighted by Crippen LogP contribution is 2.28. The van der Waals surface area contributed by atoms with E-state index in [0.29, 0.717) is 58.0 Å². The summed E-state index contributed by atoms with van der Waals surface area (Å²) in [6, 6.07) is 7.26. The van der Waals surface area contributed by atoms with Gasteiger partial charge in [-0.15, -0.1) is 0 Å². The molecule has 2 unspecified atom stereocenters. The number of ether oxygens (including phenoxy) is 6. The summed E-state index contributed by atoms with van der Waals surface area (Å²) < 4.78 is 33.3. The summed E-state index contributed by atoms with van der Waals surface area (Å²) >= 11 is 0. The average molecular weight is 1070 g/mol. The van der Waals surface area contributed by atoms with Gasteiger partial charge in [-0.3, -0.25) is 19.7 Å². The van der Waals surface area contributed by atoms with E-state index in [2.05, 4.69) is 15.5 Å². The minimum atomic E-state index is -1.18. The van der Waals surface area contributed by atoms with Crippen molar-refractivity contribution in [2.75, 3.05) is 81.1 Å². The third-order valence-corrected chi connectivity index (χ3v) is 10.7. The van der Waals surface area contributed by atoms with Crippen LogP contribution in [-0.4, -0.2) is 162 Å². The second-order valence-electron chi connectivity index (χ2n) is 24.6. The Bertz CT molecular complexity index is 2350. The van der Waals surface area contributed by atoms with Crippen LogP contribution in [0.4, 0.5) is 32.3 Å². The molecule has 2 atom stereocenters. The van der Waals surface area contributed by atoms with Gasteiger partial charge < -0.3 is 64.4 Å². The van der Waals surface area contributed by atoms with Crippen LogP contribution in [0.5, 0.6) is 0 Å². The highest BCUT2D eigenvalue weighted by Gasteiger charge is 2.34. The van der Waals surface area contributed by atoms with Crippen LogP contribution >= 0.6 is 0 Å². The van der Waals surface area contributed by atoms with E-state index in [9.17, 15) is 38.9 Å². The lowest BCUT2D eigenvalue weighted by Crippen LogP contribution is -2.50. The van der Waals surface area contributed by atoms with Crippen LogP contribution in [0, 0.1) is 10.1 Å². The molecule has 0 radical (unpaired) electrons. The fraction of sp³-hybridized carbons (Fsp3) is 0.667. The number of nitrogen functional groups attached to an aromatic ring is 1. The predicted octanol–water partition coefficient (Wildman–Crippen LogP) is 7.49. The Kier molecular flexibility index (Phi) is 21.5. The lowest BCUT2D eigenvalue weighted by Gasteiger charge is -2.37. The van der Waals surface area contributed by atoms with E-state index in [1.807, 2.05) is 52.5 Å². The Morgan fingerprint density at radius 1 is 0.513 bits per heavy atom. The number of carbonyl (C=O) groups excluding carboxylic acids is 6. The largest absolute Gasteiger partial charge is 0.458 e. The van der Waals surface area contributed by atoms with Gasteiger partial charge in [0.05, 0.1) is 34.9 Å². The van der Waals surface area contributed by atoms with Gasteiger partial charge in [-0.25, -0.2) is 19.2 Å².